The predicted molar refractivity (Wildman–Crippen MR) is 121 cm³/mol. The van der Waals surface area contributed by atoms with E-state index in [-0.39, 0.29) is 17.1 Å². The molecule has 164 valence electrons. The van der Waals surface area contributed by atoms with Gasteiger partial charge in [-0.3, -0.25) is 9.79 Å². The number of likely N-dealkylation sites (tertiary alicyclic amines) is 1. The molecule has 1 fully saturated rings. The van der Waals surface area contributed by atoms with Crippen LogP contribution in [0.15, 0.2) is 54.3 Å². The van der Waals surface area contributed by atoms with Crippen LogP contribution in [0.2, 0.25) is 5.15 Å². The molecule has 1 aliphatic heterocycles. The normalized spacial score (nSPS) is 14.7. The molecule has 2 aromatic heterocycles. The number of nitrogens with two attached hydrogens (primary N) is 1. The second-order valence-electron chi connectivity index (χ2n) is 7.07. The molecule has 4 rings (SSSR count). The summed E-state index contributed by atoms with van der Waals surface area (Å²) in [6.45, 7) is 4.47. The van der Waals surface area contributed by atoms with Gasteiger partial charge in [0.2, 0.25) is 5.91 Å². The number of fused-ring (bicyclic) bond motifs is 1. The second-order valence-corrected chi connectivity index (χ2v) is 7.43. The van der Waals surface area contributed by atoms with Gasteiger partial charge in [-0.05, 0) is 24.3 Å². The van der Waals surface area contributed by atoms with Crippen LogP contribution in [0.4, 0.5) is 4.39 Å². The van der Waals surface area contributed by atoms with E-state index >= 15 is 0 Å². The summed E-state index contributed by atoms with van der Waals surface area (Å²) >= 11 is 6.40. The Kier molecular flexibility index (Phi) is 5.91. The predicted octanol–water partition coefficient (Wildman–Crippen LogP) is 2.96. The number of benzene rings is 1. The summed E-state index contributed by atoms with van der Waals surface area (Å²) in [4.78, 5) is 22.3. The first-order valence-corrected chi connectivity index (χ1v) is 10.1. The third kappa shape index (κ3) is 3.82. The number of hydrogen-bond donors (Lipinski definition) is 1. The molecule has 2 N–H and O–H groups in total. The molecule has 1 aliphatic rings. The maximum absolute atomic E-state index is 13.8. The average Bonchev–Trinajstić information content (AvgIpc) is 3.26. The Bertz CT molecular complexity index is 1260. The zero-order chi connectivity index (χ0) is 22.8. The maximum Gasteiger partial charge on any atom is 0.246 e. The van der Waals surface area contributed by atoms with Crippen molar-refractivity contribution in [2.75, 3.05) is 20.2 Å². The van der Waals surface area contributed by atoms with E-state index in [0.29, 0.717) is 46.9 Å². The standard InChI is InChI=1S/C22H20ClFN6O2/c1-3-19(31)29-11-15(12-29)26-10-13(9-25)20-21(16-5-4-14(24)8-18(16)32-2)30-17(6-7-27-30)22(23)28-20/h3-10,15H,1,11-12,25H2,2H3/b13-9+,26-10?. The number of ether oxygens (including phenoxy) is 1. The van der Waals surface area contributed by atoms with E-state index < -0.39 is 5.82 Å². The number of allylic oxidation sites excluding steroid dienone is 1. The number of methoxy groups -OCH3 is 1. The number of hydrogen-bond acceptors (Lipinski definition) is 6. The van der Waals surface area contributed by atoms with Crippen molar-refractivity contribution in [3.63, 3.8) is 0 Å². The first-order chi connectivity index (χ1) is 15.5. The van der Waals surface area contributed by atoms with Crippen molar-refractivity contribution in [1.82, 2.24) is 19.5 Å². The lowest BCUT2D eigenvalue weighted by atomic mass is 10.0. The van der Waals surface area contributed by atoms with Crippen LogP contribution in [0, 0.1) is 5.82 Å². The van der Waals surface area contributed by atoms with Crippen molar-refractivity contribution in [1.29, 1.82) is 0 Å². The van der Waals surface area contributed by atoms with E-state index in [1.165, 1.54) is 31.5 Å². The molecule has 0 radical (unpaired) electrons. The molecule has 0 aliphatic carbocycles. The van der Waals surface area contributed by atoms with E-state index in [1.54, 1.807) is 34.0 Å². The number of rotatable bonds is 6. The first-order valence-electron chi connectivity index (χ1n) is 9.70. The fourth-order valence-electron chi connectivity index (χ4n) is 3.48. The molecule has 1 amide bonds. The Hall–Kier alpha value is -3.72. The molecule has 3 heterocycles. The highest BCUT2D eigenvalue weighted by Gasteiger charge is 2.28. The number of amides is 1. The largest absolute Gasteiger partial charge is 0.496 e. The summed E-state index contributed by atoms with van der Waals surface area (Å²) in [6, 6.07) is 5.84. The van der Waals surface area contributed by atoms with Gasteiger partial charge < -0.3 is 15.4 Å². The van der Waals surface area contributed by atoms with Crippen LogP contribution in [-0.2, 0) is 4.79 Å². The molecule has 3 aromatic rings. The zero-order valence-corrected chi connectivity index (χ0v) is 18.0. The summed E-state index contributed by atoms with van der Waals surface area (Å²) in [7, 11) is 1.45. The number of nitrogens with zero attached hydrogens (tertiary/aromatic N) is 5. The minimum absolute atomic E-state index is 0.0680. The summed E-state index contributed by atoms with van der Waals surface area (Å²) in [5, 5.41) is 4.59. The molecule has 0 bridgehead atoms. The molecule has 0 unspecified atom stereocenters. The quantitative estimate of drug-likeness (QED) is 0.456. The first kappa shape index (κ1) is 21.5. The van der Waals surface area contributed by atoms with Crippen LogP contribution in [-0.4, -0.2) is 57.9 Å². The van der Waals surface area contributed by atoms with E-state index in [0.717, 1.165) is 0 Å². The van der Waals surface area contributed by atoms with Gasteiger partial charge in [0.05, 0.1) is 19.3 Å². The van der Waals surface area contributed by atoms with Gasteiger partial charge in [-0.15, -0.1) is 0 Å². The fourth-order valence-corrected chi connectivity index (χ4v) is 3.71. The zero-order valence-electron chi connectivity index (χ0n) is 17.2. The molecule has 10 heteroatoms. The van der Waals surface area contributed by atoms with Crippen LogP contribution >= 0.6 is 11.6 Å². The Labute approximate surface area is 188 Å². The van der Waals surface area contributed by atoms with E-state index in [2.05, 4.69) is 21.7 Å². The van der Waals surface area contributed by atoms with Crippen LogP contribution in [0.5, 0.6) is 5.75 Å². The smallest absolute Gasteiger partial charge is 0.246 e. The number of aromatic nitrogens is 3. The summed E-state index contributed by atoms with van der Waals surface area (Å²) in [5.41, 5.74) is 8.46. The van der Waals surface area contributed by atoms with Crippen LogP contribution in [0.3, 0.4) is 0 Å². The number of aliphatic imine (C=N–C) groups is 1. The Morgan fingerprint density at radius 1 is 1.41 bits per heavy atom. The average molecular weight is 455 g/mol. The van der Waals surface area contributed by atoms with E-state index in [9.17, 15) is 9.18 Å². The lowest BCUT2D eigenvalue weighted by Crippen LogP contribution is -2.52. The third-order valence-electron chi connectivity index (χ3n) is 5.14. The number of halogens is 2. The van der Waals surface area contributed by atoms with Gasteiger partial charge >= 0.3 is 0 Å². The number of carbonyl (C=O) groups excluding carboxylic acids is 1. The minimum Gasteiger partial charge on any atom is -0.496 e. The van der Waals surface area contributed by atoms with Crippen molar-refractivity contribution >= 4 is 34.8 Å². The van der Waals surface area contributed by atoms with Crippen molar-refractivity contribution in [3.05, 3.63) is 66.0 Å². The SMILES string of the molecule is C=CC(=O)N1CC(N=C/C(=C\N)c2nc(Cl)c3ccnn3c2-c2ccc(F)cc2OC)C1. The number of carbonyl (C=O) groups is 1. The van der Waals surface area contributed by atoms with Gasteiger partial charge in [0.1, 0.15) is 28.5 Å². The van der Waals surface area contributed by atoms with Crippen molar-refractivity contribution in [2.24, 2.45) is 10.7 Å². The molecule has 0 spiro atoms. The molecule has 0 saturated carbocycles. The van der Waals surface area contributed by atoms with Gasteiger partial charge in [-0.25, -0.2) is 13.9 Å². The summed E-state index contributed by atoms with van der Waals surface area (Å²) in [6.07, 6.45) is 5.82. The molecular formula is C22H20ClFN6O2. The van der Waals surface area contributed by atoms with Crippen LogP contribution in [0.25, 0.3) is 22.3 Å². The Balaban J connectivity index is 1.79. The Morgan fingerprint density at radius 3 is 2.88 bits per heavy atom. The fraction of sp³-hybridized carbons (Fsp3) is 0.182. The van der Waals surface area contributed by atoms with Crippen LogP contribution < -0.4 is 10.5 Å². The van der Waals surface area contributed by atoms with Gasteiger partial charge in [0.15, 0.2) is 5.15 Å². The highest BCUT2D eigenvalue weighted by molar-refractivity contribution is 6.33. The second kappa shape index (κ2) is 8.80. The lowest BCUT2D eigenvalue weighted by molar-refractivity contribution is -0.130. The highest BCUT2D eigenvalue weighted by Crippen LogP contribution is 2.36. The molecule has 8 nitrogen and oxygen atoms in total. The van der Waals surface area contributed by atoms with Gasteiger partial charge in [0, 0.05) is 42.7 Å². The highest BCUT2D eigenvalue weighted by atomic mass is 35.5. The molecule has 1 aromatic carbocycles. The van der Waals surface area contributed by atoms with Crippen molar-refractivity contribution in [2.45, 2.75) is 6.04 Å². The van der Waals surface area contributed by atoms with E-state index in [4.69, 9.17) is 22.1 Å². The molecule has 0 atom stereocenters. The monoisotopic (exact) mass is 454 g/mol. The minimum atomic E-state index is -0.439. The van der Waals surface area contributed by atoms with Gasteiger partial charge in [-0.1, -0.05) is 18.2 Å². The summed E-state index contributed by atoms with van der Waals surface area (Å²) < 4.78 is 20.8. The summed E-state index contributed by atoms with van der Waals surface area (Å²) in [5.74, 6) is -0.266. The topological polar surface area (TPSA) is 98.1 Å². The third-order valence-corrected chi connectivity index (χ3v) is 5.42. The Morgan fingerprint density at radius 2 is 2.19 bits per heavy atom. The van der Waals surface area contributed by atoms with Gasteiger partial charge in [0.25, 0.3) is 0 Å². The molecule has 32 heavy (non-hydrogen) atoms. The lowest BCUT2D eigenvalue weighted by Gasteiger charge is -2.36. The van der Waals surface area contributed by atoms with Crippen LogP contribution in [0.1, 0.15) is 5.69 Å². The van der Waals surface area contributed by atoms with Crippen molar-refractivity contribution in [3.8, 4) is 17.0 Å². The molecular weight excluding hydrogens is 435 g/mol. The maximum atomic E-state index is 13.8. The van der Waals surface area contributed by atoms with Gasteiger partial charge in [-0.2, -0.15) is 5.10 Å². The van der Waals surface area contributed by atoms with E-state index in [1.807, 2.05) is 0 Å². The van der Waals surface area contributed by atoms with Crippen molar-refractivity contribution < 1.29 is 13.9 Å². The molecule has 1 saturated heterocycles.